The van der Waals surface area contributed by atoms with Gasteiger partial charge in [0.25, 0.3) is 5.91 Å². The van der Waals surface area contributed by atoms with Gasteiger partial charge in [-0.1, -0.05) is 13.8 Å². The van der Waals surface area contributed by atoms with Crippen molar-refractivity contribution in [2.45, 2.75) is 33.2 Å². The molecule has 1 heterocycles. The Hall–Kier alpha value is -1.78. The number of carbonyl (C=O) groups excluding carboxylic acids is 1. The second-order valence-corrected chi connectivity index (χ2v) is 4.44. The summed E-state index contributed by atoms with van der Waals surface area (Å²) in [5, 5.41) is 11.5. The molecule has 5 heteroatoms. The molecule has 0 saturated heterocycles. The number of furan rings is 1. The van der Waals surface area contributed by atoms with Crippen LogP contribution in [-0.4, -0.2) is 23.0 Å². The number of carboxylic acids is 1. The number of carboxylic acid groups (broad SMARTS) is 1. The summed E-state index contributed by atoms with van der Waals surface area (Å²) in [6.07, 6.45) is 1.72. The molecule has 0 aromatic carbocycles. The van der Waals surface area contributed by atoms with Gasteiger partial charge in [0.1, 0.15) is 18.1 Å². The molecule has 1 atom stereocenters. The average Bonchev–Trinajstić information content (AvgIpc) is 2.63. The number of aliphatic carboxylic acids is 1. The van der Waals surface area contributed by atoms with E-state index in [1.165, 1.54) is 6.26 Å². The number of nitrogens with one attached hydrogen (secondary N) is 1. The maximum atomic E-state index is 11.7. The summed E-state index contributed by atoms with van der Waals surface area (Å²) in [5.41, 5.74) is 0.345. The van der Waals surface area contributed by atoms with Gasteiger partial charge in [-0.25, -0.2) is 4.79 Å². The van der Waals surface area contributed by atoms with Crippen LogP contribution in [0, 0.1) is 12.8 Å². The van der Waals surface area contributed by atoms with Crippen molar-refractivity contribution in [1.82, 2.24) is 5.32 Å². The first kappa shape index (κ1) is 13.3. The molecule has 1 rings (SSSR count). The number of carbonyl (C=O) groups is 2. The minimum absolute atomic E-state index is 0.197. The highest BCUT2D eigenvalue weighted by Crippen LogP contribution is 2.09. The molecule has 17 heavy (non-hydrogen) atoms. The lowest BCUT2D eigenvalue weighted by Crippen LogP contribution is -2.41. The molecular weight excluding hydrogens is 222 g/mol. The molecule has 94 valence electrons. The van der Waals surface area contributed by atoms with E-state index in [4.69, 9.17) is 9.52 Å². The summed E-state index contributed by atoms with van der Waals surface area (Å²) < 4.78 is 5.00. The third-order valence-corrected chi connectivity index (χ3v) is 2.30. The van der Waals surface area contributed by atoms with E-state index in [9.17, 15) is 9.59 Å². The van der Waals surface area contributed by atoms with Gasteiger partial charge >= 0.3 is 5.97 Å². The van der Waals surface area contributed by atoms with Crippen LogP contribution in [0.3, 0.4) is 0 Å². The molecule has 0 radical (unpaired) electrons. The van der Waals surface area contributed by atoms with Crippen LogP contribution in [-0.2, 0) is 4.79 Å². The molecule has 1 aromatic heterocycles. The SMILES string of the molecule is Cc1cc(C(=O)NC(CC(C)C)C(=O)O)co1. The van der Waals surface area contributed by atoms with Crippen molar-refractivity contribution in [2.24, 2.45) is 5.92 Å². The van der Waals surface area contributed by atoms with Gasteiger partial charge in [0.15, 0.2) is 0 Å². The topological polar surface area (TPSA) is 79.5 Å². The molecule has 1 aromatic rings. The Kier molecular flexibility index (Phi) is 4.31. The largest absolute Gasteiger partial charge is 0.480 e. The minimum atomic E-state index is -1.02. The van der Waals surface area contributed by atoms with Gasteiger partial charge < -0.3 is 14.8 Å². The van der Waals surface area contributed by atoms with Gasteiger partial charge in [-0.2, -0.15) is 0 Å². The lowest BCUT2D eigenvalue weighted by Gasteiger charge is -2.15. The van der Waals surface area contributed by atoms with Crippen molar-refractivity contribution in [3.63, 3.8) is 0 Å². The van der Waals surface area contributed by atoms with Crippen molar-refractivity contribution in [3.05, 3.63) is 23.7 Å². The summed E-state index contributed by atoms with van der Waals surface area (Å²) in [5.74, 6) is -0.629. The standard InChI is InChI=1S/C12H17NO4/c1-7(2)4-10(12(15)16)13-11(14)9-5-8(3)17-6-9/h5-7,10H,4H2,1-3H3,(H,13,14)(H,15,16). The number of amides is 1. The smallest absolute Gasteiger partial charge is 0.326 e. The van der Waals surface area contributed by atoms with Gasteiger partial charge in [-0.3, -0.25) is 4.79 Å². The highest BCUT2D eigenvalue weighted by Gasteiger charge is 2.22. The van der Waals surface area contributed by atoms with Gasteiger partial charge in [0.05, 0.1) is 5.56 Å². The van der Waals surface area contributed by atoms with Gasteiger partial charge in [0.2, 0.25) is 0 Å². The molecule has 5 nitrogen and oxygen atoms in total. The fraction of sp³-hybridized carbons (Fsp3) is 0.500. The number of aryl methyl sites for hydroxylation is 1. The zero-order chi connectivity index (χ0) is 13.0. The normalized spacial score (nSPS) is 12.5. The minimum Gasteiger partial charge on any atom is -0.480 e. The highest BCUT2D eigenvalue weighted by molar-refractivity contribution is 5.96. The number of rotatable bonds is 5. The van der Waals surface area contributed by atoms with E-state index in [-0.39, 0.29) is 5.92 Å². The molecular formula is C12H17NO4. The Morgan fingerprint density at radius 1 is 1.47 bits per heavy atom. The Balaban J connectivity index is 2.67. The molecule has 0 aliphatic carbocycles. The Morgan fingerprint density at radius 2 is 2.12 bits per heavy atom. The summed E-state index contributed by atoms with van der Waals surface area (Å²) in [6.45, 7) is 5.54. The van der Waals surface area contributed by atoms with Crippen LogP contribution in [0.5, 0.6) is 0 Å². The lowest BCUT2D eigenvalue weighted by molar-refractivity contribution is -0.139. The van der Waals surface area contributed by atoms with E-state index < -0.39 is 17.9 Å². The molecule has 0 saturated carbocycles. The first-order valence-electron chi connectivity index (χ1n) is 5.49. The number of hydrogen-bond acceptors (Lipinski definition) is 3. The zero-order valence-electron chi connectivity index (χ0n) is 10.2. The summed E-state index contributed by atoms with van der Waals surface area (Å²) in [4.78, 5) is 22.7. The monoisotopic (exact) mass is 239 g/mol. The van der Waals surface area contributed by atoms with Crippen LogP contribution in [0.15, 0.2) is 16.7 Å². The van der Waals surface area contributed by atoms with Crippen LogP contribution in [0.2, 0.25) is 0 Å². The summed E-state index contributed by atoms with van der Waals surface area (Å²) >= 11 is 0. The third-order valence-electron chi connectivity index (χ3n) is 2.30. The fourth-order valence-electron chi connectivity index (χ4n) is 1.50. The first-order chi connectivity index (χ1) is 7.90. The first-order valence-corrected chi connectivity index (χ1v) is 5.49. The van der Waals surface area contributed by atoms with Crippen molar-refractivity contribution in [1.29, 1.82) is 0 Å². The predicted molar refractivity (Wildman–Crippen MR) is 61.8 cm³/mol. The van der Waals surface area contributed by atoms with E-state index >= 15 is 0 Å². The predicted octanol–water partition coefficient (Wildman–Crippen LogP) is 1.82. The molecule has 0 aliphatic heterocycles. The quantitative estimate of drug-likeness (QED) is 0.821. The van der Waals surface area contributed by atoms with E-state index in [1.54, 1.807) is 13.0 Å². The molecule has 0 bridgehead atoms. The van der Waals surface area contributed by atoms with Crippen LogP contribution in [0.4, 0.5) is 0 Å². The lowest BCUT2D eigenvalue weighted by atomic mass is 10.0. The Labute approximate surface area is 99.8 Å². The van der Waals surface area contributed by atoms with Gasteiger partial charge in [-0.15, -0.1) is 0 Å². The van der Waals surface area contributed by atoms with Crippen LogP contribution < -0.4 is 5.32 Å². The number of hydrogen-bond donors (Lipinski definition) is 2. The average molecular weight is 239 g/mol. The second kappa shape index (κ2) is 5.52. The zero-order valence-corrected chi connectivity index (χ0v) is 10.2. The van der Waals surface area contributed by atoms with Crippen molar-refractivity contribution < 1.29 is 19.1 Å². The molecule has 0 spiro atoms. The van der Waals surface area contributed by atoms with Crippen molar-refractivity contribution in [3.8, 4) is 0 Å². The summed E-state index contributed by atoms with van der Waals surface area (Å²) in [7, 11) is 0. The van der Waals surface area contributed by atoms with Crippen LogP contribution in [0.25, 0.3) is 0 Å². The second-order valence-electron chi connectivity index (χ2n) is 4.44. The molecule has 1 unspecified atom stereocenters. The van der Waals surface area contributed by atoms with E-state index in [0.29, 0.717) is 17.7 Å². The van der Waals surface area contributed by atoms with Gasteiger partial charge in [-0.05, 0) is 25.3 Å². The molecule has 0 fully saturated rings. The molecule has 0 aliphatic rings. The summed E-state index contributed by atoms with van der Waals surface area (Å²) in [6, 6.07) is 0.710. The van der Waals surface area contributed by atoms with E-state index in [0.717, 1.165) is 0 Å². The highest BCUT2D eigenvalue weighted by atomic mass is 16.4. The Morgan fingerprint density at radius 3 is 2.53 bits per heavy atom. The van der Waals surface area contributed by atoms with E-state index in [1.807, 2.05) is 13.8 Å². The van der Waals surface area contributed by atoms with E-state index in [2.05, 4.69) is 5.32 Å². The molecule has 2 N–H and O–H groups in total. The van der Waals surface area contributed by atoms with Gasteiger partial charge in [0, 0.05) is 0 Å². The van der Waals surface area contributed by atoms with Crippen molar-refractivity contribution in [2.75, 3.05) is 0 Å². The van der Waals surface area contributed by atoms with Crippen molar-refractivity contribution >= 4 is 11.9 Å². The fourth-order valence-corrected chi connectivity index (χ4v) is 1.50. The maximum Gasteiger partial charge on any atom is 0.326 e. The van der Waals surface area contributed by atoms with Crippen LogP contribution in [0.1, 0.15) is 36.4 Å². The molecule has 1 amide bonds. The third kappa shape index (κ3) is 3.94. The maximum absolute atomic E-state index is 11.7. The Bertz CT molecular complexity index is 408. The van der Waals surface area contributed by atoms with Crippen LogP contribution >= 0.6 is 0 Å².